The summed E-state index contributed by atoms with van der Waals surface area (Å²) in [7, 11) is 0. The second kappa shape index (κ2) is 36.8. The molecule has 0 aromatic heterocycles. The first kappa shape index (κ1) is 85.9. The van der Waals surface area contributed by atoms with Gasteiger partial charge < -0.3 is 39.5 Å². The van der Waals surface area contributed by atoms with Gasteiger partial charge in [-0.1, -0.05) is 83.9 Å². The van der Waals surface area contributed by atoms with Crippen LogP contribution in [0.4, 0.5) is 17.6 Å². The third-order valence-electron chi connectivity index (χ3n) is 21.5. The summed E-state index contributed by atoms with van der Waals surface area (Å²) in [6.45, 7) is 23.0. The Morgan fingerprint density at radius 1 is 0.358 bits per heavy atom. The Balaban J connectivity index is 0.000000134. The number of fused-ring (bicyclic) bond motifs is 9. The van der Waals surface area contributed by atoms with E-state index in [-0.39, 0.29) is 62.9 Å². The maximum absolute atomic E-state index is 13.8. The van der Waals surface area contributed by atoms with Crippen molar-refractivity contribution in [3.63, 3.8) is 0 Å². The van der Waals surface area contributed by atoms with E-state index in [1.165, 1.54) is 46.7 Å². The number of benzene rings is 9. The Bertz CT molecular complexity index is 7140. The lowest BCUT2D eigenvalue weighted by molar-refractivity contribution is 0.537. The lowest BCUT2D eigenvalue weighted by atomic mass is 10.00. The predicted molar refractivity (Wildman–Crippen MR) is 467 cm³/mol. The number of rotatable bonds is 20. The summed E-state index contributed by atoms with van der Waals surface area (Å²) in [6.07, 6.45) is 0. The van der Waals surface area contributed by atoms with E-state index in [0.29, 0.717) is 98.9 Å². The number of nitrogens with zero attached hydrogens (tertiary/aromatic N) is 12. The van der Waals surface area contributed by atoms with Gasteiger partial charge in [0.25, 0.3) is 22.2 Å². The molecule has 8 aliphatic heterocycles. The molecule has 0 saturated carbocycles. The van der Waals surface area contributed by atoms with Crippen LogP contribution in [0.5, 0.6) is 0 Å². The van der Waals surface area contributed by atoms with Crippen molar-refractivity contribution in [2.24, 2.45) is 0 Å². The molecule has 1 unspecified atom stereocenters. The molecular formula is C89H82Cl2F4N20O8. The molecule has 123 heavy (non-hydrogen) atoms. The van der Waals surface area contributed by atoms with Crippen LogP contribution in [0.25, 0.3) is 101 Å². The van der Waals surface area contributed by atoms with Gasteiger partial charge in [-0.15, -0.1) is 0 Å². The van der Waals surface area contributed by atoms with Gasteiger partial charge in [-0.2, -0.15) is 19.9 Å². The van der Waals surface area contributed by atoms with E-state index < -0.39 is 68.3 Å². The first-order chi connectivity index (χ1) is 58.9. The molecule has 17 rings (SSSR count). The molecule has 9 aromatic carbocycles. The SMILES string of the molecule is Cc1cc2nc3c(=O)[nH]c(=O)nc-3n(CCNC(C)c3cccc4ccccc34)c2cc1C.Cc1cc2nc3c(=O)[nH]c(=O)nc-3n(CCNCc3ccc(Cl)c(F)c3)c2cc1C.Cc1cc2nc3c(=O)[nH]c(=O)nc-3n(CCNCc3ccc(F)c(Cl)c3)c2cc1C.Cc1cc2nc3c(=O)[nH]c(=O)nc-3n(CCNCc3ccc(F)cc3F)c2cc1C. The van der Waals surface area contributed by atoms with Gasteiger partial charge in [0.15, 0.2) is 46.1 Å². The summed E-state index contributed by atoms with van der Waals surface area (Å²) >= 11 is 11.5. The van der Waals surface area contributed by atoms with Crippen molar-refractivity contribution >= 4 is 78.1 Å². The zero-order valence-corrected chi connectivity index (χ0v) is 69.6. The highest BCUT2D eigenvalue weighted by Gasteiger charge is 2.25. The monoisotopic (exact) mass is 1700 g/mol. The van der Waals surface area contributed by atoms with Gasteiger partial charge in [0, 0.05) is 89.7 Å². The number of aromatic amines is 4. The second-order valence-electron chi connectivity index (χ2n) is 29.9. The molecule has 0 radical (unpaired) electrons. The molecule has 9 aromatic rings. The fraction of sp³-hybridized carbons (Fsp3) is 0.236. The number of aromatic nitrogens is 16. The highest BCUT2D eigenvalue weighted by atomic mass is 35.5. The second-order valence-corrected chi connectivity index (χ2v) is 30.7. The average Bonchev–Trinajstić information content (AvgIpc) is 0.769. The van der Waals surface area contributed by atoms with Gasteiger partial charge in [0.1, 0.15) is 23.3 Å². The number of nitrogens with one attached hydrogen (secondary N) is 8. The van der Waals surface area contributed by atoms with Crippen molar-refractivity contribution in [3.05, 3.63) is 329 Å². The van der Waals surface area contributed by atoms with Crippen molar-refractivity contribution < 1.29 is 17.6 Å². The summed E-state index contributed by atoms with van der Waals surface area (Å²) in [5.74, 6) is -1.20. The Kier molecular flexibility index (Phi) is 25.7. The predicted octanol–water partition coefficient (Wildman–Crippen LogP) is 11.5. The van der Waals surface area contributed by atoms with Gasteiger partial charge in [0.05, 0.1) is 54.2 Å². The van der Waals surface area contributed by atoms with Crippen LogP contribution in [0.15, 0.2) is 184 Å². The third kappa shape index (κ3) is 19.2. The van der Waals surface area contributed by atoms with Crippen LogP contribution in [0.3, 0.4) is 0 Å². The Morgan fingerprint density at radius 3 is 1.12 bits per heavy atom. The van der Waals surface area contributed by atoms with Crippen LogP contribution in [-0.2, 0) is 45.8 Å². The Morgan fingerprint density at radius 2 is 0.724 bits per heavy atom. The van der Waals surface area contributed by atoms with Crippen LogP contribution >= 0.6 is 23.2 Å². The van der Waals surface area contributed by atoms with Crippen LogP contribution in [0.2, 0.25) is 10.0 Å². The van der Waals surface area contributed by atoms with E-state index in [1.54, 1.807) is 22.8 Å². The zero-order valence-electron chi connectivity index (χ0n) is 68.1. The molecule has 0 amide bonds. The van der Waals surface area contributed by atoms with Crippen LogP contribution in [0.1, 0.15) is 79.7 Å². The Labute approximate surface area is 706 Å². The maximum Gasteiger partial charge on any atom is 0.349 e. The fourth-order valence-corrected chi connectivity index (χ4v) is 14.8. The first-order valence-corrected chi connectivity index (χ1v) is 40.0. The van der Waals surface area contributed by atoms with Crippen LogP contribution < -0.4 is 66.3 Å². The molecule has 1 atom stereocenters. The quantitative estimate of drug-likeness (QED) is 0.0200. The highest BCUT2D eigenvalue weighted by Crippen LogP contribution is 2.31. The van der Waals surface area contributed by atoms with E-state index in [2.05, 4.69) is 124 Å². The van der Waals surface area contributed by atoms with Gasteiger partial charge in [-0.25, -0.2) is 56.7 Å². The first-order valence-electron chi connectivity index (χ1n) is 39.2. The molecule has 0 fully saturated rings. The van der Waals surface area contributed by atoms with Crippen molar-refractivity contribution in [2.75, 3.05) is 26.2 Å². The highest BCUT2D eigenvalue weighted by molar-refractivity contribution is 6.31. The van der Waals surface area contributed by atoms with Crippen LogP contribution in [-0.4, -0.2) is 104 Å². The molecule has 0 bridgehead atoms. The van der Waals surface area contributed by atoms with E-state index in [4.69, 9.17) is 23.2 Å². The lowest BCUT2D eigenvalue weighted by Gasteiger charge is -2.20. The number of hydrogen-bond donors (Lipinski definition) is 8. The maximum atomic E-state index is 13.8. The number of aryl methyl sites for hydroxylation is 8. The van der Waals surface area contributed by atoms with E-state index >= 15 is 0 Å². The Hall–Kier alpha value is -13.5. The third-order valence-corrected chi connectivity index (χ3v) is 22.1. The zero-order chi connectivity index (χ0) is 87.4. The number of hydrogen-bond acceptors (Lipinski definition) is 20. The molecule has 8 heterocycles. The molecule has 8 aliphatic rings. The smallest absolute Gasteiger partial charge is 0.321 e. The minimum Gasteiger partial charge on any atom is -0.321 e. The van der Waals surface area contributed by atoms with Crippen molar-refractivity contribution in [2.45, 2.75) is 114 Å². The normalized spacial score (nSPS) is 11.8. The molecule has 0 aliphatic carbocycles. The largest absolute Gasteiger partial charge is 0.349 e. The van der Waals surface area contributed by atoms with Crippen molar-refractivity contribution in [3.8, 4) is 46.1 Å². The molecule has 8 N–H and O–H groups in total. The summed E-state index contributed by atoms with van der Waals surface area (Å²) in [6, 6.07) is 43.1. The minimum absolute atomic E-state index is 0.0760. The molecule has 0 spiro atoms. The van der Waals surface area contributed by atoms with Crippen molar-refractivity contribution in [1.29, 1.82) is 0 Å². The summed E-state index contributed by atoms with van der Waals surface area (Å²) in [4.78, 5) is 139. The fourth-order valence-electron chi connectivity index (χ4n) is 14.5. The summed E-state index contributed by atoms with van der Waals surface area (Å²) in [5.41, 5.74) is 12.9. The van der Waals surface area contributed by atoms with Gasteiger partial charge in [-0.3, -0.25) is 39.1 Å². The van der Waals surface area contributed by atoms with E-state index in [9.17, 15) is 55.9 Å². The standard InChI is InChI=1S/C26H25N5O2.2C21H19ClFN5O2.C21H19F2N5O2/c1-15-13-21-22(14-16(15)2)31(24-23(28-21)25(32)30-26(33)29-24)12-11-27-17(3)19-10-6-8-18-7-4-5-9-20(18)19;1-11-7-16-17(8-12(11)2)28(19-18(25-16)20(29)27-21(30)26-19)6-5-24-10-13-3-4-15(23)14(22)9-13;1-11-7-16-17(8-12(11)2)28(19-18(25-16)20(29)27-21(30)26-19)6-5-24-10-13-3-4-14(22)15(23)9-13;1-11-7-16-17(8-12(11)2)28(19-18(25-16)20(29)27-21(30)26-19)6-5-24-10-13-3-4-14(22)9-15(13)23/h4-10,13-14,17,27H,11-12H2,1-3H3,(H,30,32,33);3*3-4,7-9,24H,5-6,10H2,1-2H3,(H,27,29,30). The topological polar surface area (TPSA) is 371 Å². The average molecular weight is 1710 g/mol. The van der Waals surface area contributed by atoms with Crippen molar-refractivity contribution in [1.82, 2.24) is 99.3 Å². The van der Waals surface area contributed by atoms with Gasteiger partial charge in [0.2, 0.25) is 0 Å². The molecule has 28 nitrogen and oxygen atoms in total. The van der Waals surface area contributed by atoms with E-state index in [1.807, 2.05) is 124 Å². The van der Waals surface area contributed by atoms with Gasteiger partial charge >= 0.3 is 22.8 Å². The lowest BCUT2D eigenvalue weighted by Crippen LogP contribution is -2.30. The molecular weight excluding hydrogens is 1620 g/mol. The number of H-pyrrole nitrogens is 4. The minimum atomic E-state index is -0.743. The van der Waals surface area contributed by atoms with Crippen LogP contribution in [0, 0.1) is 78.7 Å². The summed E-state index contributed by atoms with van der Waals surface area (Å²) < 4.78 is 61.1. The molecule has 34 heteroatoms. The molecule has 0 saturated heterocycles. The van der Waals surface area contributed by atoms with E-state index in [0.717, 1.165) is 83.8 Å². The molecule has 628 valence electrons. The summed E-state index contributed by atoms with van der Waals surface area (Å²) in [5, 5.41) is 15.8. The van der Waals surface area contributed by atoms with Gasteiger partial charge in [-0.05, 0) is 213 Å². The number of halogens is 6.